The van der Waals surface area contributed by atoms with Crippen LogP contribution in [0.25, 0.3) is 11.1 Å². The molecule has 0 spiro atoms. The predicted octanol–water partition coefficient (Wildman–Crippen LogP) is 12.4. The molecule has 0 radical (unpaired) electrons. The van der Waals surface area contributed by atoms with Crippen LogP contribution in [-0.2, 0) is 0 Å². The van der Waals surface area contributed by atoms with Crippen LogP contribution in [0.2, 0.25) is 0 Å². The van der Waals surface area contributed by atoms with Gasteiger partial charge in [0.25, 0.3) is 0 Å². The molecule has 0 heterocycles. The summed E-state index contributed by atoms with van der Waals surface area (Å²) in [5, 5.41) is 0. The average molecular weight is 609 g/mol. The minimum Gasteiger partial charge on any atom is -0.173 e. The van der Waals surface area contributed by atoms with E-state index in [0.29, 0.717) is 0 Å². The fourth-order valence-corrected chi connectivity index (χ4v) is 11.2. The standard InChI is InChI=1S/C42H40S2/c1-5-14-33(15-6-1)34-24-28-41(29-25-34)44(39-21-11-4-12-22-39)42-23-13-16-36(32-42)35-26-30-40(31-27-35)43(37-17-7-2-8-18-37)38-19-9-3-10-20-38/h2-4,7-13,16-33,43-44H,1,5-6,14-15H2. The van der Waals surface area contributed by atoms with E-state index < -0.39 is 21.8 Å². The van der Waals surface area contributed by atoms with Gasteiger partial charge in [-0.05, 0) is 138 Å². The molecule has 6 aromatic rings. The second-order valence-corrected chi connectivity index (χ2v) is 16.1. The first-order valence-corrected chi connectivity index (χ1v) is 18.6. The van der Waals surface area contributed by atoms with Gasteiger partial charge in [0, 0.05) is 0 Å². The maximum atomic E-state index is 2.43. The first-order valence-electron chi connectivity index (χ1n) is 15.9. The van der Waals surface area contributed by atoms with Crippen molar-refractivity contribution >= 4 is 21.8 Å². The lowest BCUT2D eigenvalue weighted by Crippen LogP contribution is -2.04. The van der Waals surface area contributed by atoms with E-state index >= 15 is 0 Å². The van der Waals surface area contributed by atoms with Crippen molar-refractivity contribution in [2.24, 2.45) is 0 Å². The van der Waals surface area contributed by atoms with Crippen LogP contribution in [0.15, 0.2) is 193 Å². The molecular weight excluding hydrogens is 569 g/mol. The van der Waals surface area contributed by atoms with Crippen molar-refractivity contribution in [2.75, 3.05) is 0 Å². The summed E-state index contributed by atoms with van der Waals surface area (Å²) >= 11 is 0. The van der Waals surface area contributed by atoms with Gasteiger partial charge in [0.05, 0.1) is 0 Å². The van der Waals surface area contributed by atoms with Gasteiger partial charge in [-0.3, -0.25) is 0 Å². The topological polar surface area (TPSA) is 0 Å². The van der Waals surface area contributed by atoms with Gasteiger partial charge in [-0.2, -0.15) is 21.8 Å². The number of rotatable bonds is 8. The van der Waals surface area contributed by atoms with Crippen LogP contribution in [-0.4, -0.2) is 0 Å². The molecule has 1 atom stereocenters. The fraction of sp³-hybridized carbons (Fsp3) is 0.143. The quantitative estimate of drug-likeness (QED) is 0.158. The lowest BCUT2D eigenvalue weighted by molar-refractivity contribution is 0.443. The monoisotopic (exact) mass is 608 g/mol. The summed E-state index contributed by atoms with van der Waals surface area (Å²) in [6.07, 6.45) is 6.82. The minimum absolute atomic E-state index is 0.609. The summed E-state index contributed by atoms with van der Waals surface area (Å²) in [6, 6.07) is 61.3. The normalized spacial score (nSPS) is 15.0. The maximum absolute atomic E-state index is 2.43. The number of benzene rings is 6. The Balaban J connectivity index is 1.21. The van der Waals surface area contributed by atoms with Crippen LogP contribution in [0.4, 0.5) is 0 Å². The van der Waals surface area contributed by atoms with Gasteiger partial charge in [0.2, 0.25) is 0 Å². The van der Waals surface area contributed by atoms with Crippen molar-refractivity contribution in [3.8, 4) is 11.1 Å². The molecule has 0 aliphatic heterocycles. The number of hydrogen-bond donors (Lipinski definition) is 2. The molecule has 0 nitrogen and oxygen atoms in total. The van der Waals surface area contributed by atoms with Crippen molar-refractivity contribution < 1.29 is 0 Å². The third-order valence-corrected chi connectivity index (χ3v) is 13.7. The first kappa shape index (κ1) is 28.8. The molecule has 1 aliphatic rings. The Kier molecular flexibility index (Phi) is 9.00. The van der Waals surface area contributed by atoms with Crippen molar-refractivity contribution in [1.29, 1.82) is 0 Å². The molecule has 1 fully saturated rings. The Labute approximate surface area is 268 Å². The molecule has 1 aliphatic carbocycles. The van der Waals surface area contributed by atoms with E-state index in [-0.39, 0.29) is 0 Å². The zero-order valence-electron chi connectivity index (χ0n) is 25.1. The molecule has 0 bridgehead atoms. The van der Waals surface area contributed by atoms with E-state index in [2.05, 4.69) is 164 Å². The largest absolute Gasteiger partial charge is 0.173 e. The highest BCUT2D eigenvalue weighted by Gasteiger charge is 2.18. The highest BCUT2D eigenvalue weighted by molar-refractivity contribution is 8.17. The first-order chi connectivity index (χ1) is 21.8. The predicted molar refractivity (Wildman–Crippen MR) is 191 cm³/mol. The molecule has 1 saturated carbocycles. The van der Waals surface area contributed by atoms with Crippen molar-refractivity contribution in [3.05, 3.63) is 169 Å². The SMILES string of the molecule is c1ccc([SH](c2ccccc2)c2ccc(-c3cccc([SH](c4ccccc4)c4ccc(C5CCCCC5)cc4)c3)cc2)cc1. The average Bonchev–Trinajstić information content (AvgIpc) is 3.11. The third kappa shape index (κ3) is 6.43. The van der Waals surface area contributed by atoms with Crippen LogP contribution in [0, 0.1) is 0 Å². The van der Waals surface area contributed by atoms with Crippen LogP contribution in [0.3, 0.4) is 0 Å². The van der Waals surface area contributed by atoms with Crippen LogP contribution >= 0.6 is 21.8 Å². The van der Waals surface area contributed by atoms with E-state index in [4.69, 9.17) is 0 Å². The van der Waals surface area contributed by atoms with Gasteiger partial charge < -0.3 is 0 Å². The lowest BCUT2D eigenvalue weighted by atomic mass is 9.84. The Bertz CT molecular complexity index is 1720. The van der Waals surface area contributed by atoms with Crippen molar-refractivity contribution in [1.82, 2.24) is 0 Å². The van der Waals surface area contributed by atoms with Gasteiger partial charge in [-0.1, -0.05) is 110 Å². The van der Waals surface area contributed by atoms with Gasteiger partial charge in [-0.25, -0.2) is 0 Å². The summed E-state index contributed by atoms with van der Waals surface area (Å²) < 4.78 is 0. The summed E-state index contributed by atoms with van der Waals surface area (Å²) in [6.45, 7) is 0. The van der Waals surface area contributed by atoms with Gasteiger partial charge in [0.15, 0.2) is 0 Å². The zero-order valence-corrected chi connectivity index (χ0v) is 26.9. The molecule has 2 heteroatoms. The van der Waals surface area contributed by atoms with E-state index in [1.807, 2.05) is 0 Å². The molecule has 7 rings (SSSR count). The Morgan fingerprint density at radius 3 is 1.30 bits per heavy atom. The van der Waals surface area contributed by atoms with E-state index in [9.17, 15) is 0 Å². The van der Waals surface area contributed by atoms with Crippen LogP contribution < -0.4 is 0 Å². The van der Waals surface area contributed by atoms with Crippen molar-refractivity contribution in [3.63, 3.8) is 0 Å². The summed E-state index contributed by atoms with van der Waals surface area (Å²) in [4.78, 5) is 8.36. The molecule has 0 N–H and O–H groups in total. The smallest absolute Gasteiger partial charge is 0.00390 e. The van der Waals surface area contributed by atoms with Crippen LogP contribution in [0.5, 0.6) is 0 Å². The second-order valence-electron chi connectivity index (χ2n) is 11.7. The molecule has 0 aromatic heterocycles. The maximum Gasteiger partial charge on any atom is -0.00390 e. The molecule has 0 saturated heterocycles. The highest BCUT2D eigenvalue weighted by Crippen LogP contribution is 2.53. The van der Waals surface area contributed by atoms with E-state index in [1.165, 1.54) is 78.2 Å². The summed E-state index contributed by atoms with van der Waals surface area (Å²) in [5.74, 6) is 0.733. The molecule has 44 heavy (non-hydrogen) atoms. The zero-order chi connectivity index (χ0) is 29.6. The van der Waals surface area contributed by atoms with E-state index in [0.717, 1.165) is 5.92 Å². The van der Waals surface area contributed by atoms with E-state index in [1.54, 1.807) is 0 Å². The molecule has 220 valence electrons. The number of hydrogen-bond acceptors (Lipinski definition) is 0. The molecule has 6 aromatic carbocycles. The van der Waals surface area contributed by atoms with Gasteiger partial charge in [0.1, 0.15) is 0 Å². The Hall–Kier alpha value is -3.98. The molecule has 1 unspecified atom stereocenters. The second kappa shape index (κ2) is 13.8. The summed E-state index contributed by atoms with van der Waals surface area (Å²) in [5.41, 5.74) is 4.07. The fourth-order valence-electron chi connectivity index (χ4n) is 6.58. The molecular formula is C42H40S2. The summed E-state index contributed by atoms with van der Waals surface area (Å²) in [7, 11) is -1.27. The highest BCUT2D eigenvalue weighted by atomic mass is 32.2. The van der Waals surface area contributed by atoms with Crippen molar-refractivity contribution in [2.45, 2.75) is 67.4 Å². The number of thiol groups is 2. The van der Waals surface area contributed by atoms with Gasteiger partial charge in [-0.15, -0.1) is 0 Å². The minimum atomic E-state index is -0.656. The third-order valence-electron chi connectivity index (χ3n) is 8.83. The lowest BCUT2D eigenvalue weighted by Gasteiger charge is -2.26. The van der Waals surface area contributed by atoms with Crippen LogP contribution in [0.1, 0.15) is 43.6 Å². The molecule has 0 amide bonds. The van der Waals surface area contributed by atoms with Gasteiger partial charge >= 0.3 is 0 Å². The Morgan fingerprint density at radius 2 is 0.773 bits per heavy atom. The Morgan fingerprint density at radius 1 is 0.341 bits per heavy atom.